The third-order valence-corrected chi connectivity index (χ3v) is 1.88. The minimum Gasteiger partial charge on any atom is -0.370 e. The Bertz CT molecular complexity index is 113. The highest BCUT2D eigenvalue weighted by molar-refractivity contribution is 5.80. The van der Waals surface area contributed by atoms with Crippen molar-refractivity contribution in [2.75, 3.05) is 6.61 Å². The van der Waals surface area contributed by atoms with Gasteiger partial charge in [-0.05, 0) is 19.8 Å². The normalized spacial score (nSPS) is 23.4. The van der Waals surface area contributed by atoms with Gasteiger partial charge in [0.15, 0.2) is 5.78 Å². The van der Waals surface area contributed by atoms with Gasteiger partial charge in [-0.15, -0.1) is 0 Å². The van der Waals surface area contributed by atoms with E-state index in [1.165, 1.54) is 6.42 Å². The summed E-state index contributed by atoms with van der Waals surface area (Å²) in [6.07, 6.45) is 4.30. The summed E-state index contributed by atoms with van der Waals surface area (Å²) in [4.78, 5) is 10.8. The topological polar surface area (TPSA) is 26.3 Å². The van der Waals surface area contributed by atoms with Crippen LogP contribution in [0.25, 0.3) is 0 Å². The summed E-state index contributed by atoms with van der Waals surface area (Å²) in [7, 11) is 0. The first kappa shape index (κ1) is 11.6. The number of rotatable bonds is 1. The summed E-state index contributed by atoms with van der Waals surface area (Å²) in [5, 5.41) is 0. The molecule has 72 valence electrons. The molecule has 1 unspecified atom stereocenters. The fourth-order valence-electron chi connectivity index (χ4n) is 1.24. The Labute approximate surface area is 75.3 Å². The minimum atomic E-state index is -0.0949. The monoisotopic (exact) mass is 172 g/mol. The van der Waals surface area contributed by atoms with Crippen molar-refractivity contribution < 1.29 is 9.53 Å². The predicted molar refractivity (Wildman–Crippen MR) is 50.2 cm³/mol. The van der Waals surface area contributed by atoms with Crippen molar-refractivity contribution in [2.24, 2.45) is 0 Å². The van der Waals surface area contributed by atoms with E-state index < -0.39 is 0 Å². The van der Waals surface area contributed by atoms with Crippen molar-refractivity contribution >= 4 is 5.78 Å². The van der Waals surface area contributed by atoms with E-state index in [1.807, 2.05) is 13.8 Å². The van der Waals surface area contributed by atoms with Gasteiger partial charge in [-0.25, -0.2) is 0 Å². The molecule has 1 heterocycles. The number of carbonyl (C=O) groups excluding carboxylic acids is 1. The molecule has 0 spiro atoms. The summed E-state index contributed by atoms with van der Waals surface area (Å²) < 4.78 is 5.31. The maximum atomic E-state index is 10.8. The molecule has 1 fully saturated rings. The molecule has 0 aromatic heterocycles. The Morgan fingerprint density at radius 3 is 2.50 bits per heavy atom. The quantitative estimate of drug-likeness (QED) is 0.607. The van der Waals surface area contributed by atoms with Gasteiger partial charge < -0.3 is 4.74 Å². The first-order valence-electron chi connectivity index (χ1n) is 4.93. The van der Waals surface area contributed by atoms with Crippen molar-refractivity contribution in [1.82, 2.24) is 0 Å². The van der Waals surface area contributed by atoms with Crippen molar-refractivity contribution in [2.45, 2.75) is 52.6 Å². The number of ether oxygens (including phenoxy) is 1. The van der Waals surface area contributed by atoms with Crippen LogP contribution in [0.3, 0.4) is 0 Å². The lowest BCUT2D eigenvalue weighted by Crippen LogP contribution is -2.20. The van der Waals surface area contributed by atoms with Crippen LogP contribution in [-0.2, 0) is 9.53 Å². The average Bonchev–Trinajstić information content (AvgIpc) is 2.35. The summed E-state index contributed by atoms with van der Waals surface area (Å²) in [5.74, 6) is 0.182. The lowest BCUT2D eigenvalue weighted by atomic mass is 10.1. The van der Waals surface area contributed by atoms with Gasteiger partial charge in [0, 0.05) is 6.61 Å². The van der Waals surface area contributed by atoms with E-state index in [-0.39, 0.29) is 11.9 Å². The second kappa shape index (κ2) is 7.29. The van der Waals surface area contributed by atoms with Gasteiger partial charge in [0.05, 0.1) is 0 Å². The van der Waals surface area contributed by atoms with Crippen molar-refractivity contribution in [3.63, 3.8) is 0 Å². The number of hydrogen-bond acceptors (Lipinski definition) is 2. The zero-order valence-electron chi connectivity index (χ0n) is 8.43. The van der Waals surface area contributed by atoms with E-state index in [0.29, 0.717) is 0 Å². The molecule has 0 saturated carbocycles. The third kappa shape index (κ3) is 4.50. The Morgan fingerprint density at radius 1 is 1.25 bits per heavy atom. The van der Waals surface area contributed by atoms with Gasteiger partial charge in [-0.3, -0.25) is 4.79 Å². The molecule has 0 N–H and O–H groups in total. The maximum Gasteiger partial charge on any atom is 0.158 e. The molecule has 0 radical (unpaired) electrons. The molecule has 0 bridgehead atoms. The van der Waals surface area contributed by atoms with Gasteiger partial charge in [0.25, 0.3) is 0 Å². The molecule has 2 nitrogen and oxygen atoms in total. The first-order valence-corrected chi connectivity index (χ1v) is 4.93. The average molecular weight is 172 g/mol. The summed E-state index contributed by atoms with van der Waals surface area (Å²) in [6, 6.07) is 0. The molecule has 1 aliphatic heterocycles. The van der Waals surface area contributed by atoms with Crippen molar-refractivity contribution in [1.29, 1.82) is 0 Å². The van der Waals surface area contributed by atoms with Gasteiger partial charge in [0.2, 0.25) is 0 Å². The Balaban J connectivity index is 0.000000561. The van der Waals surface area contributed by atoms with Crippen LogP contribution in [0, 0.1) is 0 Å². The van der Waals surface area contributed by atoms with Crippen molar-refractivity contribution in [3.05, 3.63) is 0 Å². The maximum absolute atomic E-state index is 10.8. The highest BCUT2D eigenvalue weighted by Crippen LogP contribution is 2.13. The van der Waals surface area contributed by atoms with E-state index in [1.54, 1.807) is 6.92 Å². The fourth-order valence-corrected chi connectivity index (χ4v) is 1.24. The largest absolute Gasteiger partial charge is 0.370 e. The molecular weight excluding hydrogens is 152 g/mol. The van der Waals surface area contributed by atoms with Crippen LogP contribution in [0.15, 0.2) is 0 Å². The number of carbonyl (C=O) groups is 1. The number of ketones is 1. The molecule has 0 aromatic carbocycles. The zero-order chi connectivity index (χ0) is 9.40. The van der Waals surface area contributed by atoms with E-state index in [0.717, 1.165) is 25.9 Å². The third-order valence-electron chi connectivity index (χ3n) is 1.88. The molecule has 0 amide bonds. The Morgan fingerprint density at radius 2 is 1.92 bits per heavy atom. The smallest absolute Gasteiger partial charge is 0.158 e. The molecule has 12 heavy (non-hydrogen) atoms. The SMILES string of the molecule is CC.CC(=O)C1CCCCCO1. The number of hydrogen-bond donors (Lipinski definition) is 0. The molecule has 2 heteroatoms. The fraction of sp³-hybridized carbons (Fsp3) is 0.900. The standard InChI is InChI=1S/C8H14O2.C2H6/c1-7(9)8-5-3-2-4-6-10-8;1-2/h8H,2-6H2,1H3;1-2H3. The van der Waals surface area contributed by atoms with Gasteiger partial charge in [-0.1, -0.05) is 26.7 Å². The van der Waals surface area contributed by atoms with Crippen LogP contribution >= 0.6 is 0 Å². The van der Waals surface area contributed by atoms with E-state index in [9.17, 15) is 4.79 Å². The number of Topliss-reactive ketones (excluding diaryl/α,β-unsaturated/α-hetero) is 1. The highest BCUT2D eigenvalue weighted by Gasteiger charge is 2.15. The van der Waals surface area contributed by atoms with E-state index in [4.69, 9.17) is 4.74 Å². The van der Waals surface area contributed by atoms with Crippen LogP contribution in [-0.4, -0.2) is 18.5 Å². The molecule has 0 aromatic rings. The summed E-state index contributed by atoms with van der Waals surface area (Å²) in [6.45, 7) is 6.38. The molecule has 1 saturated heterocycles. The molecule has 1 aliphatic rings. The van der Waals surface area contributed by atoms with Crippen molar-refractivity contribution in [3.8, 4) is 0 Å². The second-order valence-corrected chi connectivity index (χ2v) is 2.82. The van der Waals surface area contributed by atoms with Crippen LogP contribution in [0.5, 0.6) is 0 Å². The first-order chi connectivity index (χ1) is 5.80. The Kier molecular flexibility index (Phi) is 7.06. The van der Waals surface area contributed by atoms with Crippen LogP contribution in [0.2, 0.25) is 0 Å². The van der Waals surface area contributed by atoms with Crippen LogP contribution in [0.4, 0.5) is 0 Å². The lowest BCUT2D eigenvalue weighted by Gasteiger charge is -2.09. The highest BCUT2D eigenvalue weighted by atomic mass is 16.5. The molecular formula is C10H20O2. The zero-order valence-corrected chi connectivity index (χ0v) is 8.43. The van der Waals surface area contributed by atoms with E-state index in [2.05, 4.69) is 0 Å². The predicted octanol–water partition coefficient (Wildman–Crippen LogP) is 2.56. The summed E-state index contributed by atoms with van der Waals surface area (Å²) in [5.41, 5.74) is 0. The Hall–Kier alpha value is -0.370. The molecule has 1 rings (SSSR count). The van der Waals surface area contributed by atoms with Gasteiger partial charge >= 0.3 is 0 Å². The van der Waals surface area contributed by atoms with Crippen LogP contribution in [0.1, 0.15) is 46.5 Å². The molecule has 0 aliphatic carbocycles. The summed E-state index contributed by atoms with van der Waals surface area (Å²) >= 11 is 0. The van der Waals surface area contributed by atoms with E-state index >= 15 is 0 Å². The van der Waals surface area contributed by atoms with Gasteiger partial charge in [-0.2, -0.15) is 0 Å². The second-order valence-electron chi connectivity index (χ2n) is 2.82. The van der Waals surface area contributed by atoms with Gasteiger partial charge in [0.1, 0.15) is 6.10 Å². The van der Waals surface area contributed by atoms with Crippen LogP contribution < -0.4 is 0 Å². The minimum absolute atomic E-state index is 0.0949. The lowest BCUT2D eigenvalue weighted by molar-refractivity contribution is -0.128. The molecule has 1 atom stereocenters.